The Morgan fingerprint density at radius 3 is 2.03 bits per heavy atom. The molecule has 186 valence electrons. The van der Waals surface area contributed by atoms with Gasteiger partial charge in [0.2, 0.25) is 10.0 Å². The van der Waals surface area contributed by atoms with E-state index in [9.17, 15) is 8.42 Å². The number of nitrogens with one attached hydrogen (secondary N) is 1. The van der Waals surface area contributed by atoms with Crippen LogP contribution in [0.15, 0.2) is 84.9 Å². The van der Waals surface area contributed by atoms with Gasteiger partial charge in [-0.2, -0.15) is 0 Å². The molecular formula is C28H36N4O2S. The van der Waals surface area contributed by atoms with Gasteiger partial charge in [-0.25, -0.2) is 13.1 Å². The lowest BCUT2D eigenvalue weighted by atomic mass is 10.0. The van der Waals surface area contributed by atoms with E-state index in [4.69, 9.17) is 0 Å². The topological polar surface area (TPSA) is 55.9 Å². The van der Waals surface area contributed by atoms with Crippen LogP contribution in [0.3, 0.4) is 0 Å². The number of piperazine rings is 1. The summed E-state index contributed by atoms with van der Waals surface area (Å²) >= 11 is 0. The van der Waals surface area contributed by atoms with Crippen molar-refractivity contribution in [3.8, 4) is 0 Å². The van der Waals surface area contributed by atoms with Crippen LogP contribution < -0.4 is 14.5 Å². The zero-order valence-electron chi connectivity index (χ0n) is 20.7. The molecule has 7 heteroatoms. The van der Waals surface area contributed by atoms with Gasteiger partial charge in [0.05, 0.1) is 5.75 Å². The minimum absolute atomic E-state index is 0.0179. The minimum Gasteiger partial charge on any atom is -0.378 e. The molecule has 0 aliphatic carbocycles. The molecular weight excluding hydrogens is 456 g/mol. The monoisotopic (exact) mass is 492 g/mol. The third-order valence-electron chi connectivity index (χ3n) is 6.67. The molecule has 1 heterocycles. The van der Waals surface area contributed by atoms with Crippen molar-refractivity contribution in [3.63, 3.8) is 0 Å². The molecule has 1 saturated heterocycles. The van der Waals surface area contributed by atoms with E-state index in [1.165, 1.54) is 5.69 Å². The first-order valence-corrected chi connectivity index (χ1v) is 13.9. The fourth-order valence-electron chi connectivity index (χ4n) is 4.56. The average Bonchev–Trinajstić information content (AvgIpc) is 2.89. The highest BCUT2D eigenvalue weighted by atomic mass is 32.2. The van der Waals surface area contributed by atoms with Crippen molar-refractivity contribution in [1.29, 1.82) is 0 Å². The number of para-hydroxylation sites is 1. The molecule has 0 spiro atoms. The summed E-state index contributed by atoms with van der Waals surface area (Å²) < 4.78 is 28.6. The summed E-state index contributed by atoms with van der Waals surface area (Å²) in [5.41, 5.74) is 4.53. The second kappa shape index (κ2) is 11.7. The number of aryl methyl sites for hydroxylation is 1. The van der Waals surface area contributed by atoms with Crippen molar-refractivity contribution < 1.29 is 8.42 Å². The standard InChI is InChI=1S/C28H36N4O2S/c1-30(2)26-15-13-25(14-16-26)28(23-29-35(33,34)22-17-24-9-5-3-6-10-24)32-20-18-31(19-21-32)27-11-7-4-8-12-27/h3-16,28-29H,17-23H2,1-2H3. The maximum atomic E-state index is 12.9. The lowest BCUT2D eigenvalue weighted by Crippen LogP contribution is -2.50. The van der Waals surface area contributed by atoms with Crippen molar-refractivity contribution in [2.75, 3.05) is 62.4 Å². The summed E-state index contributed by atoms with van der Waals surface area (Å²) in [5, 5.41) is 0. The Morgan fingerprint density at radius 1 is 0.829 bits per heavy atom. The van der Waals surface area contributed by atoms with Crippen LogP contribution in [0.4, 0.5) is 11.4 Å². The molecule has 0 bridgehead atoms. The van der Waals surface area contributed by atoms with Crippen LogP contribution in [-0.4, -0.2) is 65.9 Å². The quantitative estimate of drug-likeness (QED) is 0.467. The van der Waals surface area contributed by atoms with Crippen molar-refractivity contribution in [2.24, 2.45) is 0 Å². The zero-order chi connectivity index (χ0) is 24.7. The summed E-state index contributed by atoms with van der Waals surface area (Å²) in [5.74, 6) is 0.0884. The van der Waals surface area contributed by atoms with Gasteiger partial charge in [0, 0.05) is 64.2 Å². The summed E-state index contributed by atoms with van der Waals surface area (Å²) in [6.45, 7) is 3.94. The van der Waals surface area contributed by atoms with Gasteiger partial charge in [-0.05, 0) is 41.8 Å². The van der Waals surface area contributed by atoms with Gasteiger partial charge in [-0.3, -0.25) is 4.90 Å². The van der Waals surface area contributed by atoms with Gasteiger partial charge < -0.3 is 9.80 Å². The molecule has 3 aromatic carbocycles. The first-order valence-electron chi connectivity index (χ1n) is 12.2. The Hall–Kier alpha value is -2.87. The van der Waals surface area contributed by atoms with Crippen molar-refractivity contribution in [3.05, 3.63) is 96.1 Å². The Labute approximate surface area is 210 Å². The van der Waals surface area contributed by atoms with Gasteiger partial charge in [0.25, 0.3) is 0 Å². The summed E-state index contributed by atoms with van der Waals surface area (Å²) in [6.07, 6.45) is 0.508. The van der Waals surface area contributed by atoms with Crippen LogP contribution in [-0.2, 0) is 16.4 Å². The Bertz CT molecular complexity index is 1140. The second-order valence-corrected chi connectivity index (χ2v) is 11.2. The molecule has 1 unspecified atom stereocenters. The predicted molar refractivity (Wildman–Crippen MR) is 146 cm³/mol. The van der Waals surface area contributed by atoms with E-state index < -0.39 is 10.0 Å². The van der Waals surface area contributed by atoms with Gasteiger partial charge in [0.1, 0.15) is 0 Å². The van der Waals surface area contributed by atoms with Crippen molar-refractivity contribution >= 4 is 21.4 Å². The van der Waals surface area contributed by atoms with Crippen LogP contribution >= 0.6 is 0 Å². The average molecular weight is 493 g/mol. The van der Waals surface area contributed by atoms with Crippen LogP contribution in [0.5, 0.6) is 0 Å². The van der Waals surface area contributed by atoms with E-state index in [0.717, 1.165) is 43.0 Å². The highest BCUT2D eigenvalue weighted by Crippen LogP contribution is 2.26. The fourth-order valence-corrected chi connectivity index (χ4v) is 5.62. The fraction of sp³-hybridized carbons (Fsp3) is 0.357. The zero-order valence-corrected chi connectivity index (χ0v) is 21.5. The van der Waals surface area contributed by atoms with Crippen molar-refractivity contribution in [1.82, 2.24) is 9.62 Å². The summed E-state index contributed by atoms with van der Waals surface area (Å²) in [7, 11) is 0.656. The van der Waals surface area contributed by atoms with E-state index in [-0.39, 0.29) is 11.8 Å². The van der Waals surface area contributed by atoms with Gasteiger partial charge in [0.15, 0.2) is 0 Å². The van der Waals surface area contributed by atoms with E-state index in [0.29, 0.717) is 13.0 Å². The molecule has 1 aliphatic heterocycles. The largest absolute Gasteiger partial charge is 0.378 e. The lowest BCUT2D eigenvalue weighted by Gasteiger charge is -2.40. The number of sulfonamides is 1. The number of hydrogen-bond donors (Lipinski definition) is 1. The molecule has 1 aliphatic rings. The number of benzene rings is 3. The highest BCUT2D eigenvalue weighted by Gasteiger charge is 2.26. The molecule has 0 radical (unpaired) electrons. The maximum Gasteiger partial charge on any atom is 0.211 e. The molecule has 0 saturated carbocycles. The van der Waals surface area contributed by atoms with E-state index in [1.54, 1.807) is 0 Å². The molecule has 4 rings (SSSR count). The Balaban J connectivity index is 1.44. The molecule has 1 fully saturated rings. The van der Waals surface area contributed by atoms with E-state index >= 15 is 0 Å². The number of hydrogen-bond acceptors (Lipinski definition) is 5. The molecule has 3 aromatic rings. The van der Waals surface area contributed by atoms with E-state index in [1.807, 2.05) is 50.5 Å². The highest BCUT2D eigenvalue weighted by molar-refractivity contribution is 7.89. The normalized spacial score (nSPS) is 15.7. The second-order valence-electron chi connectivity index (χ2n) is 9.26. The number of rotatable bonds is 10. The van der Waals surface area contributed by atoms with Gasteiger partial charge in [-0.1, -0.05) is 60.7 Å². The number of nitrogens with zero attached hydrogens (tertiary/aromatic N) is 3. The molecule has 0 amide bonds. The van der Waals surface area contributed by atoms with E-state index in [2.05, 4.69) is 68.0 Å². The molecule has 0 aromatic heterocycles. The molecule has 6 nitrogen and oxygen atoms in total. The first-order chi connectivity index (χ1) is 16.9. The molecule has 35 heavy (non-hydrogen) atoms. The van der Waals surface area contributed by atoms with Crippen LogP contribution in [0.25, 0.3) is 0 Å². The minimum atomic E-state index is -3.39. The van der Waals surface area contributed by atoms with Crippen LogP contribution in [0.1, 0.15) is 17.2 Å². The van der Waals surface area contributed by atoms with Gasteiger partial charge >= 0.3 is 0 Å². The SMILES string of the molecule is CN(C)c1ccc(C(CNS(=O)(=O)CCc2ccccc2)N2CCN(c3ccccc3)CC2)cc1. The molecule has 1 atom stereocenters. The lowest BCUT2D eigenvalue weighted by molar-refractivity contribution is 0.187. The predicted octanol–water partition coefficient (Wildman–Crippen LogP) is 3.78. The third-order valence-corrected chi connectivity index (χ3v) is 8.02. The number of anilines is 2. The summed E-state index contributed by atoms with van der Waals surface area (Å²) in [4.78, 5) is 6.88. The van der Waals surface area contributed by atoms with Gasteiger partial charge in [-0.15, -0.1) is 0 Å². The first kappa shape index (κ1) is 25.2. The smallest absolute Gasteiger partial charge is 0.211 e. The van der Waals surface area contributed by atoms with Crippen LogP contribution in [0.2, 0.25) is 0 Å². The molecule has 1 N–H and O–H groups in total. The third kappa shape index (κ3) is 7.07. The van der Waals surface area contributed by atoms with Crippen LogP contribution in [0, 0.1) is 0 Å². The summed E-state index contributed by atoms with van der Waals surface area (Å²) in [6, 6.07) is 28.7. The van der Waals surface area contributed by atoms with Crippen molar-refractivity contribution in [2.45, 2.75) is 12.5 Å². The Morgan fingerprint density at radius 2 is 1.43 bits per heavy atom. The Kier molecular flexibility index (Phi) is 8.44. The maximum absolute atomic E-state index is 12.9.